The molecule has 2 rings (SSSR count). The van der Waals surface area contributed by atoms with Crippen molar-refractivity contribution in [1.29, 1.82) is 5.26 Å². The number of phenolic OH excluding ortho intramolecular Hbond substituents is 1. The Labute approximate surface area is 131 Å². The Balaban J connectivity index is 2.50. The number of benzene rings is 1. The number of nitrogens with one attached hydrogen (secondary N) is 1. The second kappa shape index (κ2) is 7.30. The van der Waals surface area contributed by atoms with Gasteiger partial charge in [0, 0.05) is 37.8 Å². The number of nitriles is 1. The summed E-state index contributed by atoms with van der Waals surface area (Å²) in [6.45, 7) is 9.53. The van der Waals surface area contributed by atoms with Gasteiger partial charge in [-0.1, -0.05) is 5.57 Å². The standard InChI is InChI=1S/C17H23N3O2/c1-12(2)10-14(20-8-6-19-7-9-20)16-13(11-18)4-5-15(22-3)17(16)21/h4-5,14,19,21H,1,6-10H2,2-3H3/t14-/m1/s1. The largest absolute Gasteiger partial charge is 0.504 e. The second-order valence-electron chi connectivity index (χ2n) is 5.65. The van der Waals surface area contributed by atoms with Gasteiger partial charge in [0.25, 0.3) is 0 Å². The molecule has 5 heteroatoms. The highest BCUT2D eigenvalue weighted by Gasteiger charge is 2.28. The van der Waals surface area contributed by atoms with Crippen LogP contribution in [0.3, 0.4) is 0 Å². The Morgan fingerprint density at radius 3 is 2.73 bits per heavy atom. The molecule has 0 unspecified atom stereocenters. The van der Waals surface area contributed by atoms with Crippen molar-refractivity contribution < 1.29 is 9.84 Å². The number of aromatic hydroxyl groups is 1. The van der Waals surface area contributed by atoms with E-state index in [0.717, 1.165) is 31.8 Å². The van der Waals surface area contributed by atoms with Crippen molar-refractivity contribution in [2.75, 3.05) is 33.3 Å². The molecule has 0 spiro atoms. The average molecular weight is 301 g/mol. The smallest absolute Gasteiger partial charge is 0.163 e. The molecule has 1 aliphatic heterocycles. The zero-order valence-corrected chi connectivity index (χ0v) is 13.2. The van der Waals surface area contributed by atoms with Gasteiger partial charge in [0.2, 0.25) is 0 Å². The van der Waals surface area contributed by atoms with Gasteiger partial charge in [0.05, 0.1) is 18.7 Å². The maximum atomic E-state index is 10.6. The molecule has 0 radical (unpaired) electrons. The van der Waals surface area contributed by atoms with Crippen molar-refractivity contribution in [2.45, 2.75) is 19.4 Å². The molecular formula is C17H23N3O2. The van der Waals surface area contributed by atoms with Gasteiger partial charge in [-0.3, -0.25) is 4.90 Å². The van der Waals surface area contributed by atoms with E-state index in [4.69, 9.17) is 4.74 Å². The highest BCUT2D eigenvalue weighted by molar-refractivity contribution is 5.55. The van der Waals surface area contributed by atoms with E-state index in [0.29, 0.717) is 23.3 Å². The van der Waals surface area contributed by atoms with Gasteiger partial charge < -0.3 is 15.2 Å². The van der Waals surface area contributed by atoms with Crippen LogP contribution in [-0.2, 0) is 0 Å². The Bertz CT molecular complexity index is 586. The zero-order chi connectivity index (χ0) is 16.1. The molecule has 1 heterocycles. The third kappa shape index (κ3) is 3.41. The van der Waals surface area contributed by atoms with Crippen LogP contribution in [0.25, 0.3) is 0 Å². The van der Waals surface area contributed by atoms with Gasteiger partial charge in [0.15, 0.2) is 11.5 Å². The topological polar surface area (TPSA) is 68.5 Å². The molecular weight excluding hydrogens is 278 g/mol. The Morgan fingerprint density at radius 2 is 2.18 bits per heavy atom. The molecule has 1 aromatic rings. The van der Waals surface area contributed by atoms with Crippen molar-refractivity contribution in [3.63, 3.8) is 0 Å². The molecule has 0 amide bonds. The number of hydrogen-bond acceptors (Lipinski definition) is 5. The van der Waals surface area contributed by atoms with E-state index < -0.39 is 0 Å². The summed E-state index contributed by atoms with van der Waals surface area (Å²) in [5.74, 6) is 0.460. The van der Waals surface area contributed by atoms with Gasteiger partial charge in [-0.05, 0) is 25.5 Å². The summed E-state index contributed by atoms with van der Waals surface area (Å²) in [5, 5.41) is 23.3. The number of rotatable bonds is 5. The van der Waals surface area contributed by atoms with Gasteiger partial charge in [-0.2, -0.15) is 5.26 Å². The van der Waals surface area contributed by atoms with Crippen LogP contribution in [0.5, 0.6) is 11.5 Å². The molecule has 0 saturated carbocycles. The number of ether oxygens (including phenoxy) is 1. The van der Waals surface area contributed by atoms with Crippen LogP contribution in [0, 0.1) is 11.3 Å². The van der Waals surface area contributed by atoms with Crippen molar-refractivity contribution in [2.24, 2.45) is 0 Å². The molecule has 0 aromatic heterocycles. The highest BCUT2D eigenvalue weighted by Crippen LogP contribution is 2.40. The lowest BCUT2D eigenvalue weighted by atomic mass is 9.93. The van der Waals surface area contributed by atoms with Crippen LogP contribution < -0.4 is 10.1 Å². The minimum absolute atomic E-state index is 0.0614. The summed E-state index contributed by atoms with van der Waals surface area (Å²) in [4.78, 5) is 2.29. The maximum Gasteiger partial charge on any atom is 0.163 e. The minimum Gasteiger partial charge on any atom is -0.504 e. The van der Waals surface area contributed by atoms with E-state index in [1.165, 1.54) is 7.11 Å². The van der Waals surface area contributed by atoms with Crippen molar-refractivity contribution in [3.8, 4) is 17.6 Å². The summed E-state index contributed by atoms with van der Waals surface area (Å²) in [5.41, 5.74) is 2.16. The highest BCUT2D eigenvalue weighted by atomic mass is 16.5. The van der Waals surface area contributed by atoms with Crippen LogP contribution >= 0.6 is 0 Å². The third-order valence-electron chi connectivity index (χ3n) is 3.99. The fourth-order valence-corrected chi connectivity index (χ4v) is 2.93. The van der Waals surface area contributed by atoms with Crippen molar-refractivity contribution in [3.05, 3.63) is 35.4 Å². The first-order chi connectivity index (χ1) is 10.6. The van der Waals surface area contributed by atoms with Gasteiger partial charge in [-0.25, -0.2) is 0 Å². The molecule has 1 aromatic carbocycles. The van der Waals surface area contributed by atoms with E-state index in [1.807, 2.05) is 6.92 Å². The second-order valence-corrected chi connectivity index (χ2v) is 5.65. The Kier molecular flexibility index (Phi) is 5.42. The number of phenols is 1. The quantitative estimate of drug-likeness (QED) is 0.816. The van der Waals surface area contributed by atoms with Gasteiger partial charge in [-0.15, -0.1) is 6.58 Å². The van der Waals surface area contributed by atoms with E-state index in [2.05, 4.69) is 22.9 Å². The molecule has 0 bridgehead atoms. The molecule has 1 aliphatic rings. The minimum atomic E-state index is -0.0654. The molecule has 2 N–H and O–H groups in total. The molecule has 1 fully saturated rings. The molecule has 0 aliphatic carbocycles. The lowest BCUT2D eigenvalue weighted by Crippen LogP contribution is -2.45. The molecule has 118 valence electrons. The number of hydrogen-bond donors (Lipinski definition) is 2. The summed E-state index contributed by atoms with van der Waals surface area (Å²) in [6.07, 6.45) is 0.704. The molecule has 22 heavy (non-hydrogen) atoms. The summed E-state index contributed by atoms with van der Waals surface area (Å²) in [7, 11) is 1.52. The first-order valence-corrected chi connectivity index (χ1v) is 7.47. The number of piperazine rings is 1. The van der Waals surface area contributed by atoms with E-state index in [-0.39, 0.29) is 11.8 Å². The number of nitrogens with zero attached hydrogens (tertiary/aromatic N) is 2. The first-order valence-electron chi connectivity index (χ1n) is 7.47. The Morgan fingerprint density at radius 1 is 1.50 bits per heavy atom. The summed E-state index contributed by atoms with van der Waals surface area (Å²) >= 11 is 0. The normalized spacial score (nSPS) is 16.8. The SMILES string of the molecule is C=C(C)C[C@H](c1c(C#N)ccc(OC)c1O)N1CCNCC1. The average Bonchev–Trinajstić information content (AvgIpc) is 2.53. The fraction of sp³-hybridized carbons (Fsp3) is 0.471. The lowest BCUT2D eigenvalue weighted by molar-refractivity contribution is 0.169. The van der Waals surface area contributed by atoms with E-state index in [1.54, 1.807) is 12.1 Å². The van der Waals surface area contributed by atoms with E-state index >= 15 is 0 Å². The van der Waals surface area contributed by atoms with Crippen LogP contribution in [-0.4, -0.2) is 43.3 Å². The Hall–Kier alpha value is -2.03. The molecule has 1 atom stereocenters. The monoisotopic (exact) mass is 301 g/mol. The van der Waals surface area contributed by atoms with E-state index in [9.17, 15) is 10.4 Å². The van der Waals surface area contributed by atoms with Crippen molar-refractivity contribution >= 4 is 0 Å². The summed E-state index contributed by atoms with van der Waals surface area (Å²) in [6, 6.07) is 5.47. The molecule has 1 saturated heterocycles. The molecule has 5 nitrogen and oxygen atoms in total. The first kappa shape index (κ1) is 16.3. The van der Waals surface area contributed by atoms with Gasteiger partial charge in [0.1, 0.15) is 0 Å². The van der Waals surface area contributed by atoms with Crippen LogP contribution in [0.1, 0.15) is 30.5 Å². The fourth-order valence-electron chi connectivity index (χ4n) is 2.93. The van der Waals surface area contributed by atoms with Crippen LogP contribution in [0.15, 0.2) is 24.3 Å². The van der Waals surface area contributed by atoms with Crippen molar-refractivity contribution in [1.82, 2.24) is 10.2 Å². The predicted molar refractivity (Wildman–Crippen MR) is 86.0 cm³/mol. The lowest BCUT2D eigenvalue weighted by Gasteiger charge is -2.36. The predicted octanol–water partition coefficient (Wildman–Crippen LogP) is 2.18. The van der Waals surface area contributed by atoms with Crippen LogP contribution in [0.4, 0.5) is 0 Å². The third-order valence-corrected chi connectivity index (χ3v) is 3.99. The summed E-state index contributed by atoms with van der Waals surface area (Å²) < 4.78 is 5.21. The maximum absolute atomic E-state index is 10.6. The van der Waals surface area contributed by atoms with Crippen LogP contribution in [0.2, 0.25) is 0 Å². The number of methoxy groups -OCH3 is 1. The van der Waals surface area contributed by atoms with Gasteiger partial charge >= 0.3 is 0 Å². The zero-order valence-electron chi connectivity index (χ0n) is 13.2.